The van der Waals surface area contributed by atoms with Crippen LogP contribution >= 0.6 is 11.6 Å². The molecule has 27 heavy (non-hydrogen) atoms. The maximum absolute atomic E-state index is 12.8. The standard InChI is InChI=1S/C20H26ClNO4S/c1-26-19(23)6-4-2-3-5-18-14-7-8-15(13-14)20(18)22-27(24,25)17-11-9-16(21)10-12-17/h3,5,9-12,14-15,18,20,22H,2,4,6-8,13H2,1H3/b5-3-/t14-,15+,18+,20+/m1/s1. The van der Waals surface area contributed by atoms with Gasteiger partial charge >= 0.3 is 5.97 Å². The summed E-state index contributed by atoms with van der Waals surface area (Å²) in [5.74, 6) is 0.937. The van der Waals surface area contributed by atoms with E-state index in [1.165, 1.54) is 19.2 Å². The van der Waals surface area contributed by atoms with Crippen LogP contribution in [-0.2, 0) is 19.6 Å². The molecule has 0 saturated heterocycles. The summed E-state index contributed by atoms with van der Waals surface area (Å²) in [6.45, 7) is 0. The van der Waals surface area contributed by atoms with E-state index < -0.39 is 10.0 Å². The highest BCUT2D eigenvalue weighted by atomic mass is 35.5. The number of benzene rings is 1. The van der Waals surface area contributed by atoms with Crippen molar-refractivity contribution in [2.75, 3.05) is 7.11 Å². The first kappa shape index (κ1) is 20.4. The van der Waals surface area contributed by atoms with Crippen molar-refractivity contribution in [1.29, 1.82) is 0 Å². The number of unbranched alkanes of at least 4 members (excludes halogenated alkanes) is 1. The first-order valence-electron chi connectivity index (χ1n) is 9.42. The fraction of sp³-hybridized carbons (Fsp3) is 0.550. The lowest BCUT2D eigenvalue weighted by molar-refractivity contribution is -0.140. The second kappa shape index (κ2) is 8.76. The molecule has 1 N–H and O–H groups in total. The number of nitrogens with one attached hydrogen (secondary N) is 1. The molecule has 2 aliphatic rings. The minimum Gasteiger partial charge on any atom is -0.469 e. The number of rotatable bonds is 8. The number of fused-ring (bicyclic) bond motifs is 2. The minimum atomic E-state index is -3.57. The molecule has 0 aliphatic heterocycles. The first-order valence-corrected chi connectivity index (χ1v) is 11.3. The van der Waals surface area contributed by atoms with Crippen LogP contribution in [0, 0.1) is 17.8 Å². The summed E-state index contributed by atoms with van der Waals surface area (Å²) in [4.78, 5) is 11.4. The predicted molar refractivity (Wildman–Crippen MR) is 105 cm³/mol. The number of hydrogen-bond donors (Lipinski definition) is 1. The van der Waals surface area contributed by atoms with E-state index in [0.717, 1.165) is 32.1 Å². The monoisotopic (exact) mass is 411 g/mol. The van der Waals surface area contributed by atoms with Gasteiger partial charge in [0.1, 0.15) is 0 Å². The van der Waals surface area contributed by atoms with Crippen molar-refractivity contribution >= 4 is 27.6 Å². The number of halogens is 1. The molecule has 0 unspecified atom stereocenters. The van der Waals surface area contributed by atoms with Crippen LogP contribution in [0.2, 0.25) is 5.02 Å². The van der Waals surface area contributed by atoms with Crippen molar-refractivity contribution in [3.05, 3.63) is 41.4 Å². The molecule has 2 saturated carbocycles. The summed E-state index contributed by atoms with van der Waals surface area (Å²) in [7, 11) is -2.18. The second-order valence-electron chi connectivity index (χ2n) is 7.41. The highest BCUT2D eigenvalue weighted by molar-refractivity contribution is 7.89. The summed E-state index contributed by atoms with van der Waals surface area (Å²) >= 11 is 5.87. The van der Waals surface area contributed by atoms with Gasteiger partial charge in [0.15, 0.2) is 0 Å². The van der Waals surface area contributed by atoms with Crippen LogP contribution in [0.3, 0.4) is 0 Å². The third-order valence-corrected chi connectivity index (χ3v) is 7.46. The van der Waals surface area contributed by atoms with E-state index in [0.29, 0.717) is 23.3 Å². The van der Waals surface area contributed by atoms with E-state index in [1.807, 2.05) is 0 Å². The van der Waals surface area contributed by atoms with Gasteiger partial charge in [-0.05, 0) is 74.1 Å². The SMILES string of the molecule is COC(=O)CCC/C=C\[C@H]1[C@@H]2CC[C@@H](C2)[C@@H]1NS(=O)(=O)c1ccc(Cl)cc1. The number of ether oxygens (including phenoxy) is 1. The van der Waals surface area contributed by atoms with Crippen LogP contribution in [0.25, 0.3) is 0 Å². The highest BCUT2D eigenvalue weighted by Crippen LogP contribution is 2.49. The molecule has 2 bridgehead atoms. The van der Waals surface area contributed by atoms with Gasteiger partial charge < -0.3 is 4.74 Å². The van der Waals surface area contributed by atoms with Crippen molar-refractivity contribution in [3.8, 4) is 0 Å². The molecule has 1 aromatic rings. The number of hydrogen-bond acceptors (Lipinski definition) is 4. The topological polar surface area (TPSA) is 72.5 Å². The number of methoxy groups -OCH3 is 1. The highest BCUT2D eigenvalue weighted by Gasteiger charge is 2.47. The Bertz CT molecular complexity index is 791. The quantitative estimate of drug-likeness (QED) is 0.399. The van der Waals surface area contributed by atoms with Crippen LogP contribution in [0.15, 0.2) is 41.3 Å². The van der Waals surface area contributed by atoms with Crippen LogP contribution in [0.4, 0.5) is 0 Å². The molecule has 0 heterocycles. The molecule has 4 atom stereocenters. The van der Waals surface area contributed by atoms with E-state index in [-0.39, 0.29) is 22.8 Å². The number of carbonyl (C=O) groups excluding carboxylic acids is 1. The van der Waals surface area contributed by atoms with E-state index in [9.17, 15) is 13.2 Å². The third-order valence-electron chi connectivity index (χ3n) is 5.73. The normalized spacial score (nSPS) is 27.3. The Balaban J connectivity index is 1.64. The fourth-order valence-corrected chi connectivity index (χ4v) is 5.83. The van der Waals surface area contributed by atoms with Gasteiger partial charge in [0.05, 0.1) is 12.0 Å². The Hall–Kier alpha value is -1.37. The lowest BCUT2D eigenvalue weighted by atomic mass is 9.84. The fourth-order valence-electron chi connectivity index (χ4n) is 4.37. The molecular formula is C20H26ClNO4S. The summed E-state index contributed by atoms with van der Waals surface area (Å²) in [6, 6.07) is 6.19. The Morgan fingerprint density at radius 2 is 1.96 bits per heavy atom. The average Bonchev–Trinajstić information content (AvgIpc) is 3.23. The predicted octanol–water partition coefficient (Wildman–Crippen LogP) is 3.93. The van der Waals surface area contributed by atoms with Gasteiger partial charge in [-0.15, -0.1) is 0 Å². The van der Waals surface area contributed by atoms with Crippen molar-refractivity contribution in [2.24, 2.45) is 17.8 Å². The summed E-state index contributed by atoms with van der Waals surface area (Å²) in [6.07, 6.45) is 9.47. The zero-order valence-electron chi connectivity index (χ0n) is 15.4. The molecule has 0 spiro atoms. The lowest BCUT2D eigenvalue weighted by Gasteiger charge is -2.29. The van der Waals surface area contributed by atoms with E-state index >= 15 is 0 Å². The first-order chi connectivity index (χ1) is 12.9. The molecule has 7 heteroatoms. The van der Waals surface area contributed by atoms with Gasteiger partial charge in [-0.3, -0.25) is 4.79 Å². The number of sulfonamides is 1. The number of carbonyl (C=O) groups is 1. The van der Waals surface area contributed by atoms with Gasteiger partial charge in [0, 0.05) is 17.5 Å². The zero-order chi connectivity index (χ0) is 19.4. The van der Waals surface area contributed by atoms with E-state index in [2.05, 4.69) is 21.6 Å². The van der Waals surface area contributed by atoms with Gasteiger partial charge in [0.2, 0.25) is 10.0 Å². The molecule has 0 radical (unpaired) electrons. The third kappa shape index (κ3) is 4.92. The smallest absolute Gasteiger partial charge is 0.305 e. The molecular weight excluding hydrogens is 386 g/mol. The molecule has 1 aromatic carbocycles. The molecule has 5 nitrogen and oxygen atoms in total. The maximum atomic E-state index is 12.8. The zero-order valence-corrected chi connectivity index (χ0v) is 17.0. The van der Waals surface area contributed by atoms with Gasteiger partial charge in [-0.25, -0.2) is 13.1 Å². The maximum Gasteiger partial charge on any atom is 0.305 e. The van der Waals surface area contributed by atoms with Gasteiger partial charge in [-0.1, -0.05) is 23.8 Å². The van der Waals surface area contributed by atoms with E-state index in [1.54, 1.807) is 12.1 Å². The van der Waals surface area contributed by atoms with Crippen LogP contribution < -0.4 is 4.72 Å². The Morgan fingerprint density at radius 1 is 1.26 bits per heavy atom. The number of allylic oxidation sites excluding steroid dienone is 1. The minimum absolute atomic E-state index is 0.0683. The van der Waals surface area contributed by atoms with Gasteiger partial charge in [-0.2, -0.15) is 0 Å². The van der Waals surface area contributed by atoms with Crippen LogP contribution in [0.1, 0.15) is 38.5 Å². The van der Waals surface area contributed by atoms with Gasteiger partial charge in [0.25, 0.3) is 0 Å². The Labute approximate surface area is 166 Å². The summed E-state index contributed by atoms with van der Waals surface area (Å²) in [5, 5.41) is 0.515. The summed E-state index contributed by atoms with van der Waals surface area (Å²) in [5.41, 5.74) is 0. The number of esters is 1. The van der Waals surface area contributed by atoms with Crippen LogP contribution in [0.5, 0.6) is 0 Å². The molecule has 148 valence electrons. The Morgan fingerprint density at radius 3 is 2.67 bits per heavy atom. The molecule has 2 fully saturated rings. The molecule has 3 rings (SSSR count). The van der Waals surface area contributed by atoms with Crippen molar-refractivity contribution < 1.29 is 17.9 Å². The molecule has 0 amide bonds. The van der Waals surface area contributed by atoms with Crippen molar-refractivity contribution in [2.45, 2.75) is 49.5 Å². The Kier molecular flexibility index (Phi) is 6.61. The average molecular weight is 412 g/mol. The molecule has 2 aliphatic carbocycles. The summed E-state index contributed by atoms with van der Waals surface area (Å²) < 4.78 is 33.1. The van der Waals surface area contributed by atoms with Crippen LogP contribution in [-0.4, -0.2) is 27.5 Å². The largest absolute Gasteiger partial charge is 0.469 e. The van der Waals surface area contributed by atoms with E-state index in [4.69, 9.17) is 11.6 Å². The second-order valence-corrected chi connectivity index (χ2v) is 9.56. The lowest BCUT2D eigenvalue weighted by Crippen LogP contribution is -2.43. The van der Waals surface area contributed by atoms with Crippen molar-refractivity contribution in [1.82, 2.24) is 4.72 Å². The molecule has 0 aromatic heterocycles. The van der Waals surface area contributed by atoms with Crippen molar-refractivity contribution in [3.63, 3.8) is 0 Å².